The first kappa shape index (κ1) is 21.8. The van der Waals surface area contributed by atoms with Crippen LogP contribution in [0, 0.1) is 0 Å². The third-order valence-electron chi connectivity index (χ3n) is 2.59. The molecule has 0 fully saturated rings. The van der Waals surface area contributed by atoms with Crippen LogP contribution in [0.15, 0.2) is 24.3 Å². The van der Waals surface area contributed by atoms with Gasteiger partial charge in [-0.3, -0.25) is 4.74 Å². The number of alkyl halides is 10. The number of carboxylic acid groups (broad SMARTS) is 1. The second-order valence-electron chi connectivity index (χ2n) is 4.52. The van der Waals surface area contributed by atoms with E-state index in [0.717, 1.165) is 0 Å². The van der Waals surface area contributed by atoms with Crippen LogP contribution in [0.1, 0.15) is 10.4 Å². The molecule has 0 saturated heterocycles. The zero-order valence-electron chi connectivity index (χ0n) is 11.8. The Labute approximate surface area is 136 Å². The average Bonchev–Trinajstić information content (AvgIpc) is 2.45. The molecule has 1 aromatic carbocycles. The van der Waals surface area contributed by atoms with Crippen LogP contribution < -0.4 is 4.74 Å². The van der Waals surface area contributed by atoms with E-state index in [1.165, 1.54) is 0 Å². The minimum Gasteiger partial charge on any atom is -0.478 e. The molecule has 4 nitrogen and oxygen atoms in total. The van der Waals surface area contributed by atoms with Gasteiger partial charge in [-0.2, -0.15) is 39.5 Å². The number of ether oxygens (including phenoxy) is 2. The number of carbonyl (C=O) groups is 1. The third-order valence-corrected chi connectivity index (χ3v) is 2.59. The Bertz CT molecular complexity index is 640. The summed E-state index contributed by atoms with van der Waals surface area (Å²) in [7, 11) is 0. The number of hydrogen-bond donors (Lipinski definition) is 1. The van der Waals surface area contributed by atoms with Crippen molar-refractivity contribution in [2.24, 2.45) is 0 Å². The Morgan fingerprint density at radius 2 is 1.38 bits per heavy atom. The van der Waals surface area contributed by atoms with Crippen molar-refractivity contribution in [1.29, 1.82) is 0 Å². The maximum absolute atomic E-state index is 13.3. The van der Waals surface area contributed by atoms with Gasteiger partial charge in [0.15, 0.2) is 0 Å². The maximum atomic E-state index is 13.3. The molecule has 1 atom stereocenters. The van der Waals surface area contributed by atoms with E-state index in [-0.39, 0.29) is 0 Å². The molecule has 0 spiro atoms. The van der Waals surface area contributed by atoms with Crippen molar-refractivity contribution in [3.05, 3.63) is 29.8 Å². The SMILES string of the molecule is O=C(O)c1ccc(OC(F)(F)C(F)OC(F)(F)C(F)(F)C(F)(F)F)cc1. The number of halogens is 10. The molecule has 0 aromatic heterocycles. The van der Waals surface area contributed by atoms with Gasteiger partial charge in [0.05, 0.1) is 5.56 Å². The molecule has 1 unspecified atom stereocenters. The van der Waals surface area contributed by atoms with E-state index >= 15 is 0 Å². The van der Waals surface area contributed by atoms with Gasteiger partial charge in [0.25, 0.3) is 0 Å². The van der Waals surface area contributed by atoms with Gasteiger partial charge in [-0.05, 0) is 24.3 Å². The minimum atomic E-state index is -6.97. The van der Waals surface area contributed by atoms with Crippen molar-refractivity contribution in [2.45, 2.75) is 30.7 Å². The first-order valence-electron chi connectivity index (χ1n) is 6.05. The average molecular weight is 404 g/mol. The van der Waals surface area contributed by atoms with Crippen molar-refractivity contribution in [3.63, 3.8) is 0 Å². The van der Waals surface area contributed by atoms with Crippen LogP contribution in [0.4, 0.5) is 43.9 Å². The van der Waals surface area contributed by atoms with Gasteiger partial charge in [-0.15, -0.1) is 0 Å². The van der Waals surface area contributed by atoms with Crippen molar-refractivity contribution < 1.29 is 63.3 Å². The summed E-state index contributed by atoms with van der Waals surface area (Å²) in [4.78, 5) is 10.5. The number of benzene rings is 1. The highest BCUT2D eigenvalue weighted by atomic mass is 19.4. The lowest BCUT2D eigenvalue weighted by Gasteiger charge is -2.30. The summed E-state index contributed by atoms with van der Waals surface area (Å²) in [6.45, 7) is 0. The molecule has 1 rings (SSSR count). The summed E-state index contributed by atoms with van der Waals surface area (Å²) in [6, 6.07) is 2.39. The topological polar surface area (TPSA) is 55.8 Å². The van der Waals surface area contributed by atoms with Gasteiger partial charge in [-0.1, -0.05) is 0 Å². The van der Waals surface area contributed by atoms with E-state index in [4.69, 9.17) is 5.11 Å². The number of carboxylic acids is 1. The molecule has 14 heteroatoms. The molecular weight excluding hydrogens is 398 g/mol. The van der Waals surface area contributed by atoms with Crippen molar-refractivity contribution >= 4 is 5.97 Å². The normalized spacial score (nSPS) is 14.8. The first-order valence-corrected chi connectivity index (χ1v) is 6.05. The lowest BCUT2D eigenvalue weighted by atomic mass is 10.2. The van der Waals surface area contributed by atoms with Crippen molar-refractivity contribution in [1.82, 2.24) is 0 Å². The van der Waals surface area contributed by atoms with Crippen LogP contribution in [0.25, 0.3) is 0 Å². The van der Waals surface area contributed by atoms with Crippen LogP contribution >= 0.6 is 0 Å². The molecule has 148 valence electrons. The smallest absolute Gasteiger partial charge is 0.462 e. The Morgan fingerprint density at radius 1 is 0.923 bits per heavy atom. The molecule has 0 aliphatic heterocycles. The van der Waals surface area contributed by atoms with Crippen LogP contribution in [-0.4, -0.2) is 41.7 Å². The van der Waals surface area contributed by atoms with Crippen LogP contribution in [-0.2, 0) is 4.74 Å². The zero-order chi connectivity index (χ0) is 20.6. The Morgan fingerprint density at radius 3 is 1.77 bits per heavy atom. The predicted molar refractivity (Wildman–Crippen MR) is 60.9 cm³/mol. The van der Waals surface area contributed by atoms with E-state index < -0.39 is 48.0 Å². The quantitative estimate of drug-likeness (QED) is 0.682. The number of aromatic carboxylic acids is 1. The molecule has 0 radical (unpaired) electrons. The maximum Gasteiger partial charge on any atom is 0.462 e. The number of hydrogen-bond acceptors (Lipinski definition) is 3. The fourth-order valence-electron chi connectivity index (χ4n) is 1.31. The zero-order valence-corrected chi connectivity index (χ0v) is 11.8. The Hall–Kier alpha value is -2.25. The summed E-state index contributed by atoms with van der Waals surface area (Å²) < 4.78 is 132. The highest BCUT2D eigenvalue weighted by molar-refractivity contribution is 5.87. The van der Waals surface area contributed by atoms with Crippen molar-refractivity contribution in [3.8, 4) is 5.75 Å². The summed E-state index contributed by atoms with van der Waals surface area (Å²) in [6.07, 6.45) is -23.7. The van der Waals surface area contributed by atoms with E-state index in [2.05, 4.69) is 9.47 Å². The first-order chi connectivity index (χ1) is 11.5. The molecule has 0 heterocycles. The lowest BCUT2D eigenvalue weighted by molar-refractivity contribution is -0.460. The molecule has 0 saturated carbocycles. The summed E-state index contributed by atoms with van der Waals surface area (Å²) in [5.41, 5.74) is -0.440. The van der Waals surface area contributed by atoms with E-state index in [9.17, 15) is 48.7 Å². The second-order valence-corrected chi connectivity index (χ2v) is 4.52. The standard InChI is InChI=1S/C12H6F10O4/c13-8(26-12(21,22)10(16,17)11(18,19)20)9(14,15)25-6-3-1-5(2-4-6)7(23)24/h1-4,8H,(H,23,24). The van der Waals surface area contributed by atoms with E-state index in [1.807, 2.05) is 0 Å². The van der Waals surface area contributed by atoms with Gasteiger partial charge in [0, 0.05) is 0 Å². The van der Waals surface area contributed by atoms with E-state index in [1.54, 1.807) is 0 Å². The van der Waals surface area contributed by atoms with Gasteiger partial charge in [0.1, 0.15) is 5.75 Å². The second kappa shape index (κ2) is 6.81. The lowest BCUT2D eigenvalue weighted by Crippen LogP contribution is -2.56. The van der Waals surface area contributed by atoms with Crippen LogP contribution in [0.2, 0.25) is 0 Å². The molecule has 26 heavy (non-hydrogen) atoms. The molecule has 0 aliphatic carbocycles. The molecule has 0 bridgehead atoms. The highest BCUT2D eigenvalue weighted by Gasteiger charge is 2.76. The van der Waals surface area contributed by atoms with Gasteiger partial charge >= 0.3 is 36.6 Å². The van der Waals surface area contributed by atoms with Crippen molar-refractivity contribution in [2.75, 3.05) is 0 Å². The fraction of sp³-hybridized carbons (Fsp3) is 0.417. The molecule has 1 N–H and O–H groups in total. The summed E-state index contributed by atoms with van der Waals surface area (Å²) in [5.74, 6) is -9.48. The summed E-state index contributed by atoms with van der Waals surface area (Å²) in [5, 5.41) is 8.55. The minimum absolute atomic E-state index is 0.440. The van der Waals surface area contributed by atoms with E-state index in [0.29, 0.717) is 24.3 Å². The largest absolute Gasteiger partial charge is 0.478 e. The van der Waals surface area contributed by atoms with Gasteiger partial charge in [-0.25, -0.2) is 9.18 Å². The molecule has 0 aliphatic rings. The molecule has 1 aromatic rings. The van der Waals surface area contributed by atoms with Gasteiger partial charge < -0.3 is 9.84 Å². The predicted octanol–water partition coefficient (Wildman–Crippen LogP) is 4.46. The van der Waals surface area contributed by atoms with Gasteiger partial charge in [0.2, 0.25) is 0 Å². The fourth-order valence-corrected chi connectivity index (χ4v) is 1.31. The van der Waals surface area contributed by atoms with Crippen LogP contribution in [0.5, 0.6) is 5.75 Å². The Balaban J connectivity index is 2.93. The molecule has 0 amide bonds. The summed E-state index contributed by atoms with van der Waals surface area (Å²) >= 11 is 0. The monoisotopic (exact) mass is 404 g/mol. The molecular formula is C12H6F10O4. The van der Waals surface area contributed by atoms with Crippen LogP contribution in [0.3, 0.4) is 0 Å². The third kappa shape index (κ3) is 4.47. The Kier molecular flexibility index (Phi) is 5.71. The highest BCUT2D eigenvalue weighted by Crippen LogP contribution is 2.48. The number of rotatable bonds is 7.